The summed E-state index contributed by atoms with van der Waals surface area (Å²) < 4.78 is 1.79. The number of hydrogen-bond donors (Lipinski definition) is 3. The first kappa shape index (κ1) is 17.7. The molecule has 8 heteroatoms. The van der Waals surface area contributed by atoms with Gasteiger partial charge in [-0.3, -0.25) is 19.4 Å². The van der Waals surface area contributed by atoms with E-state index in [2.05, 4.69) is 25.9 Å². The molecule has 1 saturated carbocycles. The molecule has 1 atom stereocenters. The van der Waals surface area contributed by atoms with Gasteiger partial charge in [-0.2, -0.15) is 10.2 Å². The van der Waals surface area contributed by atoms with Crippen molar-refractivity contribution in [3.05, 3.63) is 70.8 Å². The van der Waals surface area contributed by atoms with Gasteiger partial charge in [0.2, 0.25) is 0 Å². The van der Waals surface area contributed by atoms with Crippen LogP contribution in [-0.4, -0.2) is 37.8 Å². The van der Waals surface area contributed by atoms with E-state index >= 15 is 0 Å². The van der Waals surface area contributed by atoms with Crippen molar-refractivity contribution in [1.29, 1.82) is 0 Å². The molecular weight excluding hydrogens is 368 g/mol. The Bertz CT molecular complexity index is 1050. The van der Waals surface area contributed by atoms with Crippen LogP contribution in [0.1, 0.15) is 56.6 Å². The molecule has 0 radical (unpaired) electrons. The largest absolute Gasteiger partial charge is 0.348 e. The van der Waals surface area contributed by atoms with Crippen molar-refractivity contribution < 1.29 is 9.59 Å². The van der Waals surface area contributed by atoms with Crippen molar-refractivity contribution in [2.24, 2.45) is 0 Å². The minimum Gasteiger partial charge on any atom is -0.348 e. The maximum atomic E-state index is 12.6. The number of H-pyrrole nitrogens is 1. The Morgan fingerprint density at radius 1 is 1.17 bits per heavy atom. The first-order valence-corrected chi connectivity index (χ1v) is 9.90. The number of fused-ring (bicyclic) bond motifs is 1. The van der Waals surface area contributed by atoms with Gasteiger partial charge in [0.25, 0.3) is 11.8 Å². The maximum Gasteiger partial charge on any atom is 0.272 e. The number of hydrogen-bond acceptors (Lipinski definition) is 4. The molecule has 1 aliphatic carbocycles. The van der Waals surface area contributed by atoms with Crippen molar-refractivity contribution in [3.63, 3.8) is 0 Å². The Balaban J connectivity index is 1.20. The molecule has 5 rings (SSSR count). The summed E-state index contributed by atoms with van der Waals surface area (Å²) in [7, 11) is 0. The SMILES string of the molecule is O=C(N[C@H]1Cc2c(C(=O)NCc3ccccc3)cnn2C1)c1cc(C2CC2)[nH]n1. The van der Waals surface area contributed by atoms with Crippen molar-refractivity contribution in [3.8, 4) is 0 Å². The van der Waals surface area contributed by atoms with Crippen LogP contribution >= 0.6 is 0 Å². The lowest BCUT2D eigenvalue weighted by Crippen LogP contribution is -2.36. The van der Waals surface area contributed by atoms with Gasteiger partial charge in [-0.25, -0.2) is 0 Å². The number of rotatable bonds is 6. The Morgan fingerprint density at radius 2 is 2.00 bits per heavy atom. The molecule has 0 unspecified atom stereocenters. The van der Waals surface area contributed by atoms with Gasteiger partial charge >= 0.3 is 0 Å². The average molecular weight is 390 g/mol. The molecule has 3 heterocycles. The highest BCUT2D eigenvalue weighted by atomic mass is 16.2. The molecule has 3 N–H and O–H groups in total. The lowest BCUT2D eigenvalue weighted by atomic mass is 10.1. The third-order valence-corrected chi connectivity index (χ3v) is 5.50. The Labute approximate surface area is 167 Å². The summed E-state index contributed by atoms with van der Waals surface area (Å²) in [5.74, 6) is 0.180. The minimum atomic E-state index is -0.195. The highest BCUT2D eigenvalue weighted by Gasteiger charge is 2.30. The van der Waals surface area contributed by atoms with E-state index in [0.29, 0.717) is 36.7 Å². The molecule has 29 heavy (non-hydrogen) atoms. The molecular formula is C21H22N6O2. The average Bonchev–Trinajstić information content (AvgIpc) is 3.14. The van der Waals surface area contributed by atoms with E-state index in [1.165, 1.54) is 0 Å². The molecule has 3 aromatic rings. The second-order valence-electron chi connectivity index (χ2n) is 7.71. The van der Waals surface area contributed by atoms with Crippen molar-refractivity contribution in [2.45, 2.75) is 44.3 Å². The highest BCUT2D eigenvalue weighted by Crippen LogP contribution is 2.39. The second-order valence-corrected chi connectivity index (χ2v) is 7.71. The molecule has 1 aromatic carbocycles. The summed E-state index contributed by atoms with van der Waals surface area (Å²) >= 11 is 0. The minimum absolute atomic E-state index is 0.104. The Kier molecular flexibility index (Phi) is 4.38. The van der Waals surface area contributed by atoms with Crippen LogP contribution in [0.25, 0.3) is 0 Å². The van der Waals surface area contributed by atoms with Crippen LogP contribution in [0.3, 0.4) is 0 Å². The maximum absolute atomic E-state index is 12.6. The van der Waals surface area contributed by atoms with Crippen LogP contribution in [-0.2, 0) is 19.5 Å². The van der Waals surface area contributed by atoms with E-state index in [9.17, 15) is 9.59 Å². The smallest absolute Gasteiger partial charge is 0.272 e. The number of nitrogens with zero attached hydrogens (tertiary/aromatic N) is 3. The van der Waals surface area contributed by atoms with Crippen LogP contribution in [0, 0.1) is 0 Å². The molecule has 2 aliphatic rings. The van der Waals surface area contributed by atoms with Crippen molar-refractivity contribution >= 4 is 11.8 Å². The fourth-order valence-electron chi connectivity index (χ4n) is 3.77. The summed E-state index contributed by atoms with van der Waals surface area (Å²) in [4.78, 5) is 25.1. The molecule has 148 valence electrons. The van der Waals surface area contributed by atoms with Crippen LogP contribution < -0.4 is 10.6 Å². The van der Waals surface area contributed by atoms with E-state index in [4.69, 9.17) is 0 Å². The zero-order valence-electron chi connectivity index (χ0n) is 15.9. The van der Waals surface area contributed by atoms with Gasteiger partial charge in [0.15, 0.2) is 0 Å². The van der Waals surface area contributed by atoms with E-state index in [1.807, 2.05) is 36.4 Å². The summed E-state index contributed by atoms with van der Waals surface area (Å²) in [5.41, 5.74) is 3.90. The predicted molar refractivity (Wildman–Crippen MR) is 105 cm³/mol. The number of aromatic amines is 1. The van der Waals surface area contributed by atoms with Crippen LogP contribution in [0.4, 0.5) is 0 Å². The number of carbonyl (C=O) groups excluding carboxylic acids is 2. The van der Waals surface area contributed by atoms with Crippen LogP contribution in [0.2, 0.25) is 0 Å². The van der Waals surface area contributed by atoms with Gasteiger partial charge in [-0.15, -0.1) is 0 Å². The molecule has 1 aliphatic heterocycles. The zero-order valence-corrected chi connectivity index (χ0v) is 15.9. The van der Waals surface area contributed by atoms with E-state index in [-0.39, 0.29) is 17.9 Å². The fraction of sp³-hybridized carbons (Fsp3) is 0.333. The van der Waals surface area contributed by atoms with Gasteiger partial charge in [0.1, 0.15) is 5.69 Å². The third-order valence-electron chi connectivity index (χ3n) is 5.50. The number of benzene rings is 1. The molecule has 2 amide bonds. The number of aromatic nitrogens is 4. The monoisotopic (exact) mass is 390 g/mol. The Hall–Kier alpha value is -3.42. The molecule has 0 saturated heterocycles. The lowest BCUT2D eigenvalue weighted by Gasteiger charge is -2.10. The lowest BCUT2D eigenvalue weighted by molar-refractivity contribution is 0.0930. The van der Waals surface area contributed by atoms with Crippen LogP contribution in [0.15, 0.2) is 42.6 Å². The van der Waals surface area contributed by atoms with Crippen LogP contribution in [0.5, 0.6) is 0 Å². The van der Waals surface area contributed by atoms with Crippen molar-refractivity contribution in [2.75, 3.05) is 0 Å². The van der Waals surface area contributed by atoms with Gasteiger partial charge in [-0.05, 0) is 24.5 Å². The first-order chi connectivity index (χ1) is 14.2. The van der Waals surface area contributed by atoms with E-state index < -0.39 is 0 Å². The van der Waals surface area contributed by atoms with E-state index in [1.54, 1.807) is 10.9 Å². The predicted octanol–water partition coefficient (Wildman–Crippen LogP) is 1.77. The molecule has 2 aromatic heterocycles. The summed E-state index contributed by atoms with van der Waals surface area (Å²) in [5, 5.41) is 17.4. The molecule has 0 bridgehead atoms. The van der Waals surface area contributed by atoms with Gasteiger partial charge in [-0.1, -0.05) is 30.3 Å². The normalized spacial score (nSPS) is 17.7. The molecule has 8 nitrogen and oxygen atoms in total. The Morgan fingerprint density at radius 3 is 2.79 bits per heavy atom. The zero-order chi connectivity index (χ0) is 19.8. The fourth-order valence-corrected chi connectivity index (χ4v) is 3.77. The third kappa shape index (κ3) is 3.65. The van der Waals surface area contributed by atoms with Crippen molar-refractivity contribution in [1.82, 2.24) is 30.6 Å². The van der Waals surface area contributed by atoms with Gasteiger partial charge < -0.3 is 10.6 Å². The summed E-state index contributed by atoms with van der Waals surface area (Å²) in [6.07, 6.45) is 4.48. The topological polar surface area (TPSA) is 105 Å². The first-order valence-electron chi connectivity index (χ1n) is 9.90. The number of amides is 2. The summed E-state index contributed by atoms with van der Waals surface area (Å²) in [6.45, 7) is 1.01. The van der Waals surface area contributed by atoms with Gasteiger partial charge in [0, 0.05) is 24.6 Å². The second kappa shape index (κ2) is 7.20. The standard InChI is InChI=1S/C21H22N6O2/c28-20(22-10-13-4-2-1-3-5-13)16-11-23-27-12-15(8-19(16)27)24-21(29)18-9-17(25-26-18)14-6-7-14/h1-5,9,11,14-15H,6-8,10,12H2,(H,22,28)(H,24,29)(H,25,26)/t15-/m0/s1. The highest BCUT2D eigenvalue weighted by molar-refractivity contribution is 5.95. The number of carbonyl (C=O) groups is 2. The summed E-state index contributed by atoms with van der Waals surface area (Å²) in [6, 6.07) is 11.5. The number of nitrogens with one attached hydrogen (secondary N) is 3. The quantitative estimate of drug-likeness (QED) is 0.597. The van der Waals surface area contributed by atoms with E-state index in [0.717, 1.165) is 29.8 Å². The van der Waals surface area contributed by atoms with Gasteiger partial charge in [0.05, 0.1) is 30.0 Å². The molecule has 1 fully saturated rings. The molecule has 0 spiro atoms.